The number of nitro groups is 1. The smallest absolute Gasteiger partial charge is 0.430 e. The highest BCUT2D eigenvalue weighted by Crippen LogP contribution is 2.06. The maximum absolute atomic E-state index is 11.2. The molecule has 1 aromatic heterocycles. The highest BCUT2D eigenvalue weighted by molar-refractivity contribution is 6.29. The van der Waals surface area contributed by atoms with Gasteiger partial charge in [0.2, 0.25) is 0 Å². The van der Waals surface area contributed by atoms with Crippen LogP contribution in [0, 0.1) is 10.1 Å². The fourth-order valence-electron chi connectivity index (χ4n) is 1.19. The molecule has 1 amide bonds. The minimum absolute atomic E-state index is 0.161. The molecule has 1 heterocycles. The first-order chi connectivity index (χ1) is 9.43. The molecule has 1 aromatic rings. The molecule has 0 fully saturated rings. The molecule has 0 bridgehead atoms. The van der Waals surface area contributed by atoms with E-state index >= 15 is 0 Å². The van der Waals surface area contributed by atoms with Crippen molar-refractivity contribution in [1.29, 1.82) is 0 Å². The van der Waals surface area contributed by atoms with Crippen LogP contribution < -0.4 is 11.2 Å². The highest BCUT2D eigenvalue weighted by atomic mass is 35.5. The Bertz CT molecular complexity index is 519. The third-order valence-corrected chi connectivity index (χ3v) is 2.34. The number of methoxy groups -OCH3 is 1. The summed E-state index contributed by atoms with van der Waals surface area (Å²) in [6.07, 6.45) is 1.10. The fourth-order valence-corrected chi connectivity index (χ4v) is 1.30. The van der Waals surface area contributed by atoms with Crippen LogP contribution in [0.4, 0.5) is 4.79 Å². The Labute approximate surface area is 119 Å². The number of rotatable bonds is 5. The number of nitrogens with one attached hydrogen (secondary N) is 1. The lowest BCUT2D eigenvalue weighted by molar-refractivity contribution is -0.404. The number of hydrazine groups is 1. The Balaban J connectivity index is 2.78. The minimum Gasteiger partial charge on any atom is -0.451 e. The van der Waals surface area contributed by atoms with E-state index < -0.39 is 11.0 Å². The summed E-state index contributed by atoms with van der Waals surface area (Å²) in [6, 6.07) is 3.24. The molecule has 3 N–H and O–H groups in total. The largest absolute Gasteiger partial charge is 0.451 e. The van der Waals surface area contributed by atoms with Crippen LogP contribution in [-0.2, 0) is 11.3 Å². The summed E-state index contributed by atoms with van der Waals surface area (Å²) in [5.41, 5.74) is 0.696. The molecule has 0 radical (unpaired) electrons. The molecule has 0 saturated carbocycles. The van der Waals surface area contributed by atoms with E-state index in [0.717, 1.165) is 7.11 Å². The van der Waals surface area contributed by atoms with E-state index in [9.17, 15) is 14.9 Å². The van der Waals surface area contributed by atoms with Gasteiger partial charge in [0.05, 0.1) is 12.0 Å². The zero-order valence-electron chi connectivity index (χ0n) is 10.4. The molecule has 108 valence electrons. The lowest BCUT2D eigenvalue weighted by Crippen LogP contribution is -2.42. The molecular weight excluding hydrogens is 290 g/mol. The summed E-state index contributed by atoms with van der Waals surface area (Å²) in [6.45, 7) is 0.161. The van der Waals surface area contributed by atoms with Gasteiger partial charge in [-0.1, -0.05) is 17.7 Å². The average Bonchev–Trinajstić information content (AvgIpc) is 2.43. The van der Waals surface area contributed by atoms with Crippen molar-refractivity contribution in [3.8, 4) is 0 Å². The summed E-state index contributed by atoms with van der Waals surface area (Å²) in [5.74, 6) is 5.17. The van der Waals surface area contributed by atoms with E-state index in [1.165, 1.54) is 6.20 Å². The van der Waals surface area contributed by atoms with E-state index in [-0.39, 0.29) is 12.4 Å². The van der Waals surface area contributed by atoms with E-state index in [1.54, 1.807) is 12.1 Å². The number of pyridine rings is 1. The molecule has 0 unspecified atom stereocenters. The number of ether oxygens (including phenoxy) is 1. The van der Waals surface area contributed by atoms with E-state index in [1.807, 2.05) is 0 Å². The van der Waals surface area contributed by atoms with Gasteiger partial charge in [-0.25, -0.2) is 15.6 Å². The Morgan fingerprint density at radius 3 is 2.90 bits per heavy atom. The van der Waals surface area contributed by atoms with Crippen molar-refractivity contribution in [3.63, 3.8) is 0 Å². The van der Waals surface area contributed by atoms with E-state index in [2.05, 4.69) is 15.0 Å². The summed E-state index contributed by atoms with van der Waals surface area (Å²) in [5, 5.41) is 14.0. The summed E-state index contributed by atoms with van der Waals surface area (Å²) in [4.78, 5) is 24.8. The van der Waals surface area contributed by atoms with Crippen LogP contribution in [0.2, 0.25) is 5.15 Å². The van der Waals surface area contributed by atoms with Gasteiger partial charge < -0.3 is 10.1 Å². The van der Waals surface area contributed by atoms with Crippen LogP contribution in [0.15, 0.2) is 30.4 Å². The van der Waals surface area contributed by atoms with Crippen molar-refractivity contribution in [2.24, 2.45) is 5.84 Å². The van der Waals surface area contributed by atoms with Gasteiger partial charge >= 0.3 is 6.09 Å². The number of hydrogen-bond acceptors (Lipinski definition) is 7. The Morgan fingerprint density at radius 1 is 1.70 bits per heavy atom. The van der Waals surface area contributed by atoms with Crippen LogP contribution in [0.3, 0.4) is 0 Å². The number of nitrogens with two attached hydrogens (primary N) is 1. The Morgan fingerprint density at radius 2 is 2.40 bits per heavy atom. The maximum Gasteiger partial charge on any atom is 0.430 e. The predicted molar refractivity (Wildman–Crippen MR) is 69.6 cm³/mol. The number of hydrogen-bond donors (Lipinski definition) is 2. The molecule has 0 aromatic carbocycles. The number of carbonyl (C=O) groups excluding carboxylic acids is 1. The molecule has 0 aliphatic heterocycles. The predicted octanol–water partition coefficient (Wildman–Crippen LogP) is 0.842. The molecule has 1 rings (SSSR count). The quantitative estimate of drug-likeness (QED) is 0.271. The first-order valence-electron chi connectivity index (χ1n) is 5.26. The monoisotopic (exact) mass is 301 g/mol. The molecule has 0 atom stereocenters. The fraction of sp³-hybridized carbons (Fsp3) is 0.200. The zero-order chi connectivity index (χ0) is 15.1. The third kappa shape index (κ3) is 4.71. The van der Waals surface area contributed by atoms with Gasteiger partial charge in [0.15, 0.2) is 5.82 Å². The van der Waals surface area contributed by atoms with Gasteiger partial charge in [-0.15, -0.1) is 0 Å². The van der Waals surface area contributed by atoms with E-state index in [4.69, 9.17) is 17.4 Å². The standard InChI is InChI=1S/C10H12ClN5O4/c1-20-10(17)16(12)9(6-15(18)19)14-5-7-2-3-8(11)13-4-7/h2-4,6,14H,5,12H2,1H3. The first kappa shape index (κ1) is 15.7. The number of amides is 1. The molecule has 10 heteroatoms. The van der Waals surface area contributed by atoms with Gasteiger partial charge in [0.25, 0.3) is 6.20 Å². The summed E-state index contributed by atoms with van der Waals surface area (Å²) < 4.78 is 4.37. The number of halogens is 1. The van der Waals surface area contributed by atoms with E-state index in [0.29, 0.717) is 21.9 Å². The summed E-state index contributed by atoms with van der Waals surface area (Å²) in [7, 11) is 1.11. The molecule has 20 heavy (non-hydrogen) atoms. The SMILES string of the molecule is COC(=O)N(N)C(=C[N+](=O)[O-])NCc1ccc(Cl)nc1. The Kier molecular flexibility index (Phi) is 5.69. The minimum atomic E-state index is -0.945. The van der Waals surface area contributed by atoms with Crippen molar-refractivity contribution in [2.75, 3.05) is 7.11 Å². The summed E-state index contributed by atoms with van der Waals surface area (Å²) >= 11 is 5.63. The lowest BCUT2D eigenvalue weighted by atomic mass is 10.3. The third-order valence-electron chi connectivity index (χ3n) is 2.12. The van der Waals surface area contributed by atoms with Gasteiger partial charge in [-0.3, -0.25) is 10.1 Å². The van der Waals surface area contributed by atoms with Gasteiger partial charge in [0.1, 0.15) is 5.15 Å². The van der Waals surface area contributed by atoms with Gasteiger partial charge in [0, 0.05) is 12.7 Å². The maximum atomic E-state index is 11.2. The topological polar surface area (TPSA) is 124 Å². The van der Waals surface area contributed by atoms with Gasteiger partial charge in [-0.2, -0.15) is 5.01 Å². The van der Waals surface area contributed by atoms with Crippen LogP contribution in [-0.4, -0.2) is 28.1 Å². The number of nitrogens with zero attached hydrogens (tertiary/aromatic N) is 3. The Hall–Kier alpha value is -2.39. The second-order valence-corrected chi connectivity index (χ2v) is 3.87. The van der Waals surface area contributed by atoms with Crippen LogP contribution in [0.25, 0.3) is 0 Å². The van der Waals surface area contributed by atoms with Crippen LogP contribution in [0.5, 0.6) is 0 Å². The number of carbonyl (C=O) groups is 1. The zero-order valence-corrected chi connectivity index (χ0v) is 11.2. The van der Waals surface area contributed by atoms with Crippen molar-refractivity contribution in [1.82, 2.24) is 15.3 Å². The second kappa shape index (κ2) is 7.26. The first-order valence-corrected chi connectivity index (χ1v) is 5.64. The van der Waals surface area contributed by atoms with Crippen molar-refractivity contribution in [2.45, 2.75) is 6.54 Å². The molecule has 9 nitrogen and oxygen atoms in total. The van der Waals surface area contributed by atoms with Crippen LogP contribution in [0.1, 0.15) is 5.56 Å². The van der Waals surface area contributed by atoms with Crippen molar-refractivity contribution < 1.29 is 14.5 Å². The number of aromatic nitrogens is 1. The molecule has 0 aliphatic rings. The molecule has 0 saturated heterocycles. The van der Waals surface area contributed by atoms with Crippen LogP contribution >= 0.6 is 11.6 Å². The lowest BCUT2D eigenvalue weighted by Gasteiger charge is -2.17. The molecule has 0 aliphatic carbocycles. The normalized spacial score (nSPS) is 10.8. The molecular formula is C10H12ClN5O4. The second-order valence-electron chi connectivity index (χ2n) is 3.48. The van der Waals surface area contributed by atoms with Gasteiger partial charge in [-0.05, 0) is 11.6 Å². The highest BCUT2D eigenvalue weighted by Gasteiger charge is 2.17. The molecule has 0 spiro atoms. The average molecular weight is 302 g/mol. The van der Waals surface area contributed by atoms with Crippen molar-refractivity contribution in [3.05, 3.63) is 51.2 Å². The van der Waals surface area contributed by atoms with Crippen molar-refractivity contribution >= 4 is 17.7 Å².